The molecule has 0 aromatic carbocycles. The summed E-state index contributed by atoms with van der Waals surface area (Å²) in [6.07, 6.45) is 1.60. The van der Waals surface area contributed by atoms with Gasteiger partial charge in [0.05, 0.1) is 0 Å². The van der Waals surface area contributed by atoms with E-state index in [9.17, 15) is 9.59 Å². The first-order valence-corrected chi connectivity index (χ1v) is 3.25. The van der Waals surface area contributed by atoms with Gasteiger partial charge in [-0.3, -0.25) is 20.4 Å². The highest BCUT2D eigenvalue weighted by atomic mass is 16.2. The largest absolute Gasteiger partial charge is 0.327 e. The first kappa shape index (κ1) is 8.65. The number of hydrogen-bond acceptors (Lipinski definition) is 5. The van der Waals surface area contributed by atoms with Crippen LogP contribution in [0.3, 0.4) is 0 Å². The second-order valence-electron chi connectivity index (χ2n) is 1.99. The van der Waals surface area contributed by atoms with Crippen molar-refractivity contribution in [3.8, 4) is 0 Å². The summed E-state index contributed by atoms with van der Waals surface area (Å²) in [7, 11) is 0. The highest BCUT2D eigenvalue weighted by molar-refractivity contribution is 6.35. The van der Waals surface area contributed by atoms with E-state index in [2.05, 4.69) is 28.4 Å². The molecule has 0 radical (unpaired) electrons. The zero-order chi connectivity index (χ0) is 8.97. The topological polar surface area (TPSA) is 85.5 Å². The average molecular weight is 171 g/mol. The van der Waals surface area contributed by atoms with Crippen molar-refractivity contribution in [3.05, 3.63) is 12.7 Å². The summed E-state index contributed by atoms with van der Waals surface area (Å²) in [4.78, 5) is 21.3. The third-order valence-corrected chi connectivity index (χ3v) is 1.09. The van der Waals surface area contributed by atoms with E-state index in [-0.39, 0.29) is 0 Å². The highest BCUT2D eigenvalue weighted by Gasteiger charge is 2.21. The van der Waals surface area contributed by atoms with Crippen molar-refractivity contribution in [1.82, 2.24) is 27.0 Å². The second-order valence-corrected chi connectivity index (χ2v) is 1.99. The number of nitrogens with zero attached hydrogens (tertiary/aromatic N) is 1. The zero-order valence-corrected chi connectivity index (χ0v) is 6.26. The van der Waals surface area contributed by atoms with Crippen molar-refractivity contribution >= 4 is 11.8 Å². The number of carbonyl (C=O) groups excluding carboxylic acids is 2. The van der Waals surface area contributed by atoms with Crippen LogP contribution in [0.25, 0.3) is 0 Å². The molecule has 1 heterocycles. The Hall–Kier alpha value is -1.44. The van der Waals surface area contributed by atoms with E-state index in [0.717, 1.165) is 5.23 Å². The van der Waals surface area contributed by atoms with Crippen molar-refractivity contribution in [1.29, 1.82) is 0 Å². The lowest BCUT2D eigenvalue weighted by molar-refractivity contribution is -0.153. The van der Waals surface area contributed by atoms with Crippen LogP contribution in [0, 0.1) is 0 Å². The summed E-state index contributed by atoms with van der Waals surface area (Å²) in [5.74, 6) is -1.46. The normalized spacial score (nSPS) is 18.3. The van der Waals surface area contributed by atoms with Gasteiger partial charge in [0.2, 0.25) is 0 Å². The van der Waals surface area contributed by atoms with Crippen LogP contribution in [0.15, 0.2) is 12.7 Å². The number of nitrogens with one attached hydrogen (secondary N) is 4. The van der Waals surface area contributed by atoms with Gasteiger partial charge in [0.15, 0.2) is 0 Å². The van der Waals surface area contributed by atoms with Crippen LogP contribution < -0.4 is 21.8 Å². The van der Waals surface area contributed by atoms with E-state index >= 15 is 0 Å². The lowest BCUT2D eigenvalue weighted by Crippen LogP contribution is -2.70. The van der Waals surface area contributed by atoms with Crippen LogP contribution in [0.2, 0.25) is 0 Å². The van der Waals surface area contributed by atoms with Gasteiger partial charge in [0, 0.05) is 6.54 Å². The molecule has 0 saturated carbocycles. The number of amides is 2. The molecule has 0 bridgehead atoms. The Morgan fingerprint density at radius 3 is 2.83 bits per heavy atom. The number of carbonyl (C=O) groups is 2. The second kappa shape index (κ2) is 3.81. The molecule has 2 amide bonds. The fourth-order valence-corrected chi connectivity index (χ4v) is 0.579. The zero-order valence-electron chi connectivity index (χ0n) is 6.26. The van der Waals surface area contributed by atoms with Gasteiger partial charge in [-0.1, -0.05) is 11.3 Å². The van der Waals surface area contributed by atoms with Gasteiger partial charge in [-0.05, 0) is 0 Å². The van der Waals surface area contributed by atoms with Gasteiger partial charge in [0.25, 0.3) is 0 Å². The summed E-state index contributed by atoms with van der Waals surface area (Å²) >= 11 is 0. The van der Waals surface area contributed by atoms with Crippen LogP contribution in [0.5, 0.6) is 0 Å². The lowest BCUT2D eigenvalue weighted by Gasteiger charge is -2.27. The molecule has 4 N–H and O–H groups in total. The van der Waals surface area contributed by atoms with Crippen molar-refractivity contribution in [2.45, 2.75) is 0 Å². The fourth-order valence-electron chi connectivity index (χ4n) is 0.579. The molecule has 1 saturated heterocycles. The molecule has 0 aromatic heterocycles. The molecule has 0 spiro atoms. The van der Waals surface area contributed by atoms with E-state index in [1.165, 1.54) is 0 Å². The van der Waals surface area contributed by atoms with Gasteiger partial charge in [-0.2, -0.15) is 0 Å². The number of rotatable bonds is 3. The summed E-state index contributed by atoms with van der Waals surface area (Å²) in [5.41, 5.74) is 9.39. The molecular formula is C5H9N5O2. The Kier molecular flexibility index (Phi) is 2.75. The Balaban J connectivity index is 2.35. The molecule has 0 unspecified atom stereocenters. The summed E-state index contributed by atoms with van der Waals surface area (Å²) in [6.45, 7) is 3.92. The summed E-state index contributed by atoms with van der Waals surface area (Å²) < 4.78 is 0. The number of hydrazine groups is 4. The maximum atomic E-state index is 10.7. The fraction of sp³-hybridized carbons (Fsp3) is 0.200. The first-order valence-electron chi connectivity index (χ1n) is 3.25. The predicted octanol–water partition coefficient (Wildman–Crippen LogP) is -2.44. The SMILES string of the molecule is C=CCNN1NNC(=O)C(=O)N1. The molecule has 7 heteroatoms. The average Bonchev–Trinajstić information content (AvgIpc) is 2.07. The predicted molar refractivity (Wildman–Crippen MR) is 39.5 cm³/mol. The molecule has 66 valence electrons. The van der Waals surface area contributed by atoms with Gasteiger partial charge >= 0.3 is 11.8 Å². The molecule has 1 aliphatic rings. The molecule has 0 aromatic rings. The molecule has 1 aliphatic heterocycles. The van der Waals surface area contributed by atoms with Crippen molar-refractivity contribution in [3.63, 3.8) is 0 Å². The molecule has 1 fully saturated rings. The summed E-state index contributed by atoms with van der Waals surface area (Å²) in [5, 5.41) is 1.13. The van der Waals surface area contributed by atoms with Crippen molar-refractivity contribution < 1.29 is 9.59 Å². The Bertz CT molecular complexity index is 214. The van der Waals surface area contributed by atoms with E-state index in [0.29, 0.717) is 6.54 Å². The van der Waals surface area contributed by atoms with Gasteiger partial charge in [-0.15, -0.1) is 12.1 Å². The molecule has 7 nitrogen and oxygen atoms in total. The maximum Gasteiger partial charge on any atom is 0.327 e. The minimum Gasteiger partial charge on any atom is -0.267 e. The molecule has 1 rings (SSSR count). The third-order valence-electron chi connectivity index (χ3n) is 1.09. The van der Waals surface area contributed by atoms with Gasteiger partial charge in [0.1, 0.15) is 0 Å². The van der Waals surface area contributed by atoms with Crippen LogP contribution in [0.1, 0.15) is 0 Å². The Morgan fingerprint density at radius 1 is 1.50 bits per heavy atom. The van der Waals surface area contributed by atoms with Crippen LogP contribution in [0.4, 0.5) is 0 Å². The van der Waals surface area contributed by atoms with E-state index in [4.69, 9.17) is 0 Å². The van der Waals surface area contributed by atoms with Crippen molar-refractivity contribution in [2.24, 2.45) is 0 Å². The quantitative estimate of drug-likeness (QED) is 0.280. The smallest absolute Gasteiger partial charge is 0.267 e. The maximum absolute atomic E-state index is 10.7. The monoisotopic (exact) mass is 171 g/mol. The third kappa shape index (κ3) is 2.02. The van der Waals surface area contributed by atoms with E-state index in [1.807, 2.05) is 0 Å². The highest BCUT2D eigenvalue weighted by Crippen LogP contribution is 1.76. The van der Waals surface area contributed by atoms with Crippen LogP contribution in [-0.4, -0.2) is 23.6 Å². The van der Waals surface area contributed by atoms with Gasteiger partial charge in [-0.25, -0.2) is 5.43 Å². The molecular weight excluding hydrogens is 162 g/mol. The summed E-state index contributed by atoms with van der Waals surface area (Å²) in [6, 6.07) is 0. The van der Waals surface area contributed by atoms with Crippen molar-refractivity contribution in [2.75, 3.05) is 6.54 Å². The minimum absolute atomic E-state index is 0.461. The Morgan fingerprint density at radius 2 is 2.25 bits per heavy atom. The van der Waals surface area contributed by atoms with Crippen LogP contribution >= 0.6 is 0 Å². The first-order chi connectivity index (χ1) is 5.74. The van der Waals surface area contributed by atoms with E-state index < -0.39 is 11.8 Å². The van der Waals surface area contributed by atoms with E-state index in [1.54, 1.807) is 6.08 Å². The van der Waals surface area contributed by atoms with Crippen LogP contribution in [-0.2, 0) is 9.59 Å². The molecule has 0 aliphatic carbocycles. The molecule has 12 heavy (non-hydrogen) atoms. The number of hydrogen-bond donors (Lipinski definition) is 4. The van der Waals surface area contributed by atoms with Gasteiger partial charge < -0.3 is 0 Å². The Labute approximate surface area is 68.7 Å². The standard InChI is InChI=1S/C5H9N5O2/c1-2-3-6-10-8-5(12)4(11)7-9-10/h2,6,9H,1,3H2,(H,7,11)(H,8,12). The lowest BCUT2D eigenvalue weighted by atomic mass is 10.6. The molecule has 0 atom stereocenters. The minimum atomic E-state index is -0.731.